The lowest BCUT2D eigenvalue weighted by atomic mass is 9.98. The molecule has 3 heterocycles. The van der Waals surface area contributed by atoms with Gasteiger partial charge in [0.15, 0.2) is 0 Å². The zero-order chi connectivity index (χ0) is 18.7. The summed E-state index contributed by atoms with van der Waals surface area (Å²) in [5, 5.41) is 31.6. The Balaban J connectivity index is 1.54. The number of likely N-dealkylation sites (tertiary alicyclic amines) is 1. The SMILES string of the molecule is CNCc1cn(CC2OC(CC(=O)N3CCC(C)CC3)C(O)C2O)nn1. The van der Waals surface area contributed by atoms with Crippen LogP contribution in [0.3, 0.4) is 0 Å². The maximum atomic E-state index is 12.5. The molecular formula is C17H29N5O4. The summed E-state index contributed by atoms with van der Waals surface area (Å²) in [6.07, 6.45) is 0.436. The number of aliphatic hydroxyl groups excluding tert-OH is 2. The van der Waals surface area contributed by atoms with E-state index in [0.717, 1.165) is 31.6 Å². The van der Waals surface area contributed by atoms with E-state index in [1.165, 1.54) is 0 Å². The minimum atomic E-state index is -1.08. The van der Waals surface area contributed by atoms with Crippen LogP contribution in [0, 0.1) is 5.92 Å². The van der Waals surface area contributed by atoms with Crippen molar-refractivity contribution in [2.75, 3.05) is 20.1 Å². The minimum Gasteiger partial charge on any atom is -0.388 e. The van der Waals surface area contributed by atoms with Crippen molar-refractivity contribution in [2.45, 2.75) is 63.7 Å². The van der Waals surface area contributed by atoms with Gasteiger partial charge in [-0.15, -0.1) is 5.10 Å². The molecule has 26 heavy (non-hydrogen) atoms. The zero-order valence-electron chi connectivity index (χ0n) is 15.4. The number of hydrogen-bond donors (Lipinski definition) is 3. The number of nitrogens with one attached hydrogen (secondary N) is 1. The van der Waals surface area contributed by atoms with Gasteiger partial charge in [-0.1, -0.05) is 12.1 Å². The van der Waals surface area contributed by atoms with E-state index in [2.05, 4.69) is 22.6 Å². The number of carbonyl (C=O) groups is 1. The standard InChI is InChI=1S/C17H29N5O4/c1-11-3-5-21(6-4-11)15(23)7-13-16(24)17(25)14(26-13)10-22-9-12(8-18-2)19-20-22/h9,11,13-14,16-18,24-25H,3-8,10H2,1-2H3. The second kappa shape index (κ2) is 8.43. The smallest absolute Gasteiger partial charge is 0.225 e. The zero-order valence-corrected chi connectivity index (χ0v) is 15.4. The van der Waals surface area contributed by atoms with Crippen LogP contribution in [0.1, 0.15) is 31.9 Å². The molecule has 4 atom stereocenters. The Hall–Kier alpha value is -1.55. The van der Waals surface area contributed by atoms with Crippen LogP contribution in [0.5, 0.6) is 0 Å². The van der Waals surface area contributed by atoms with Gasteiger partial charge in [-0.05, 0) is 25.8 Å². The van der Waals surface area contributed by atoms with Crippen LogP contribution in [0.15, 0.2) is 6.20 Å². The fraction of sp³-hybridized carbons (Fsp3) is 0.824. The monoisotopic (exact) mass is 367 g/mol. The molecule has 0 radical (unpaired) electrons. The van der Waals surface area contributed by atoms with Gasteiger partial charge >= 0.3 is 0 Å². The molecule has 9 heteroatoms. The lowest BCUT2D eigenvalue weighted by Crippen LogP contribution is -2.41. The van der Waals surface area contributed by atoms with Crippen LogP contribution in [0.2, 0.25) is 0 Å². The van der Waals surface area contributed by atoms with E-state index in [4.69, 9.17) is 4.74 Å². The molecule has 9 nitrogen and oxygen atoms in total. The molecule has 0 saturated carbocycles. The molecule has 146 valence electrons. The Morgan fingerprint density at radius 1 is 1.31 bits per heavy atom. The number of aromatic nitrogens is 3. The second-order valence-corrected chi connectivity index (χ2v) is 7.42. The number of amides is 1. The van der Waals surface area contributed by atoms with Gasteiger partial charge in [-0.25, -0.2) is 4.68 Å². The van der Waals surface area contributed by atoms with Crippen molar-refractivity contribution in [1.29, 1.82) is 0 Å². The Kier molecular flexibility index (Phi) is 6.23. The molecule has 1 aromatic heterocycles. The summed E-state index contributed by atoms with van der Waals surface area (Å²) in [7, 11) is 1.82. The molecule has 2 aliphatic rings. The van der Waals surface area contributed by atoms with Crippen LogP contribution in [0.4, 0.5) is 0 Å². The third-order valence-corrected chi connectivity index (χ3v) is 5.28. The number of nitrogens with zero attached hydrogens (tertiary/aromatic N) is 4. The van der Waals surface area contributed by atoms with Crippen molar-refractivity contribution in [1.82, 2.24) is 25.2 Å². The highest BCUT2D eigenvalue weighted by Crippen LogP contribution is 2.26. The molecular weight excluding hydrogens is 338 g/mol. The highest BCUT2D eigenvalue weighted by Gasteiger charge is 2.44. The molecule has 3 rings (SSSR count). The van der Waals surface area contributed by atoms with Gasteiger partial charge in [0.1, 0.15) is 18.3 Å². The molecule has 2 fully saturated rings. The lowest BCUT2D eigenvalue weighted by Gasteiger charge is -2.31. The first kappa shape index (κ1) is 19.2. The normalized spacial score (nSPS) is 30.1. The average Bonchev–Trinajstić information content (AvgIpc) is 3.16. The molecule has 1 amide bonds. The summed E-state index contributed by atoms with van der Waals surface area (Å²) in [5.74, 6) is 0.625. The number of ether oxygens (including phenoxy) is 1. The van der Waals surface area contributed by atoms with Crippen LogP contribution in [0.25, 0.3) is 0 Å². The Bertz CT molecular complexity index is 602. The third kappa shape index (κ3) is 4.40. The van der Waals surface area contributed by atoms with Crippen molar-refractivity contribution >= 4 is 5.91 Å². The fourth-order valence-electron chi connectivity index (χ4n) is 3.58. The average molecular weight is 367 g/mol. The molecule has 4 unspecified atom stereocenters. The van der Waals surface area contributed by atoms with Crippen molar-refractivity contribution in [2.24, 2.45) is 5.92 Å². The molecule has 2 aliphatic heterocycles. The maximum Gasteiger partial charge on any atom is 0.225 e. The van der Waals surface area contributed by atoms with Gasteiger partial charge in [0.2, 0.25) is 5.91 Å². The first-order valence-electron chi connectivity index (χ1n) is 9.31. The summed E-state index contributed by atoms with van der Waals surface area (Å²) in [4.78, 5) is 14.3. The van der Waals surface area contributed by atoms with Gasteiger partial charge in [-0.3, -0.25) is 4.79 Å². The first-order valence-corrected chi connectivity index (χ1v) is 9.31. The largest absolute Gasteiger partial charge is 0.388 e. The number of piperidine rings is 1. The summed E-state index contributed by atoms with van der Waals surface area (Å²) in [6.45, 7) is 4.58. The van der Waals surface area contributed by atoms with Crippen molar-refractivity contribution in [3.63, 3.8) is 0 Å². The summed E-state index contributed by atoms with van der Waals surface area (Å²) >= 11 is 0. The number of carbonyl (C=O) groups excluding carboxylic acids is 1. The van der Waals surface area contributed by atoms with Crippen LogP contribution < -0.4 is 5.32 Å². The van der Waals surface area contributed by atoms with E-state index in [1.54, 1.807) is 10.9 Å². The fourth-order valence-corrected chi connectivity index (χ4v) is 3.58. The molecule has 1 aromatic rings. The third-order valence-electron chi connectivity index (χ3n) is 5.28. The number of aliphatic hydroxyl groups is 2. The second-order valence-electron chi connectivity index (χ2n) is 7.42. The minimum absolute atomic E-state index is 0.0223. The van der Waals surface area contributed by atoms with Crippen LogP contribution in [-0.2, 0) is 22.6 Å². The number of rotatable bonds is 6. The van der Waals surface area contributed by atoms with Crippen LogP contribution >= 0.6 is 0 Å². The topological polar surface area (TPSA) is 113 Å². The lowest BCUT2D eigenvalue weighted by molar-refractivity contribution is -0.136. The molecule has 3 N–H and O–H groups in total. The first-order chi connectivity index (χ1) is 12.5. The summed E-state index contributed by atoms with van der Waals surface area (Å²) in [6, 6.07) is 0. The van der Waals surface area contributed by atoms with Crippen molar-refractivity contribution < 1.29 is 19.7 Å². The molecule has 2 saturated heterocycles. The van der Waals surface area contributed by atoms with Gasteiger partial charge in [0.05, 0.1) is 24.8 Å². The maximum absolute atomic E-state index is 12.5. The van der Waals surface area contributed by atoms with Gasteiger partial charge < -0.3 is 25.2 Å². The van der Waals surface area contributed by atoms with Crippen molar-refractivity contribution in [3.8, 4) is 0 Å². The van der Waals surface area contributed by atoms with E-state index in [0.29, 0.717) is 12.5 Å². The van der Waals surface area contributed by atoms with E-state index in [1.807, 2.05) is 11.9 Å². The predicted molar refractivity (Wildman–Crippen MR) is 93.1 cm³/mol. The Morgan fingerprint density at radius 3 is 2.69 bits per heavy atom. The van der Waals surface area contributed by atoms with Crippen LogP contribution in [-0.4, -0.2) is 80.6 Å². The van der Waals surface area contributed by atoms with Gasteiger partial charge in [-0.2, -0.15) is 0 Å². The Labute approximate surface area is 153 Å². The molecule has 0 spiro atoms. The Morgan fingerprint density at radius 2 is 2.00 bits per heavy atom. The molecule has 0 aromatic carbocycles. The van der Waals surface area contributed by atoms with Crippen molar-refractivity contribution in [3.05, 3.63) is 11.9 Å². The van der Waals surface area contributed by atoms with E-state index < -0.39 is 24.4 Å². The van der Waals surface area contributed by atoms with Gasteiger partial charge in [0, 0.05) is 25.8 Å². The van der Waals surface area contributed by atoms with E-state index in [-0.39, 0.29) is 18.9 Å². The van der Waals surface area contributed by atoms with Gasteiger partial charge in [0.25, 0.3) is 0 Å². The van der Waals surface area contributed by atoms with E-state index in [9.17, 15) is 15.0 Å². The summed E-state index contributed by atoms with van der Waals surface area (Å²) < 4.78 is 7.38. The quantitative estimate of drug-likeness (QED) is 0.599. The molecule has 0 bridgehead atoms. The predicted octanol–water partition coefficient (Wildman–Crippen LogP) is -0.865. The highest BCUT2D eigenvalue weighted by molar-refractivity contribution is 5.77. The molecule has 0 aliphatic carbocycles. The number of hydrogen-bond acceptors (Lipinski definition) is 7. The highest BCUT2D eigenvalue weighted by atomic mass is 16.5. The summed E-state index contributed by atoms with van der Waals surface area (Å²) in [5.41, 5.74) is 0.784. The van der Waals surface area contributed by atoms with E-state index >= 15 is 0 Å².